The van der Waals surface area contributed by atoms with E-state index in [-0.39, 0.29) is 23.1 Å². The van der Waals surface area contributed by atoms with E-state index in [9.17, 15) is 4.79 Å². The minimum atomic E-state index is -0.252. The van der Waals surface area contributed by atoms with E-state index in [1.165, 1.54) is 57.8 Å². The van der Waals surface area contributed by atoms with E-state index >= 15 is 0 Å². The van der Waals surface area contributed by atoms with Gasteiger partial charge in [-0.3, -0.25) is 0 Å². The molecule has 0 aliphatic carbocycles. The van der Waals surface area contributed by atoms with E-state index in [4.69, 9.17) is 4.74 Å². The predicted octanol–water partition coefficient (Wildman–Crippen LogP) is 2.51. The van der Waals surface area contributed by atoms with Crippen LogP contribution in [-0.4, -0.2) is 49.9 Å². The van der Waals surface area contributed by atoms with Crippen LogP contribution in [0, 0.1) is 0 Å². The number of nitrogens with one attached hydrogen (secondary N) is 1. The van der Waals surface area contributed by atoms with Gasteiger partial charge in [-0.25, -0.2) is 4.79 Å². The highest BCUT2D eigenvalue weighted by Crippen LogP contribution is 2.10. The lowest BCUT2D eigenvalue weighted by molar-refractivity contribution is -0.923. The zero-order valence-corrected chi connectivity index (χ0v) is 19.5. The van der Waals surface area contributed by atoms with Gasteiger partial charge in [0.1, 0.15) is 13.2 Å². The number of amides is 1. The predicted molar refractivity (Wildman–Crippen MR) is 108 cm³/mol. The third kappa shape index (κ3) is 14.8. The van der Waals surface area contributed by atoms with Crippen molar-refractivity contribution in [2.24, 2.45) is 0 Å². The van der Waals surface area contributed by atoms with Crippen molar-refractivity contribution in [3.8, 4) is 0 Å². The van der Waals surface area contributed by atoms with Gasteiger partial charge in [0.25, 0.3) is 0 Å². The lowest BCUT2D eigenvalue weighted by atomic mass is 10.1. The number of nitrogens with zero attached hydrogens (tertiary/aromatic N) is 1. The van der Waals surface area contributed by atoms with Crippen molar-refractivity contribution in [2.75, 3.05) is 39.3 Å². The first-order chi connectivity index (χ1) is 12.1. The normalized spacial score (nSPS) is 11.1. The summed E-state index contributed by atoms with van der Waals surface area (Å²) in [7, 11) is 0. The van der Waals surface area contributed by atoms with Crippen LogP contribution in [-0.2, 0) is 4.74 Å². The van der Waals surface area contributed by atoms with Crippen LogP contribution in [0.15, 0.2) is 0 Å². The zero-order valence-electron chi connectivity index (χ0n) is 18.0. The summed E-state index contributed by atoms with van der Waals surface area (Å²) in [5.41, 5.74) is 0. The van der Waals surface area contributed by atoms with E-state index in [1.807, 2.05) is 0 Å². The van der Waals surface area contributed by atoms with Crippen molar-refractivity contribution in [3.05, 3.63) is 0 Å². The molecule has 0 saturated carbocycles. The number of carbonyl (C=O) groups is 1. The van der Waals surface area contributed by atoms with Gasteiger partial charge in [0.05, 0.1) is 19.6 Å². The average Bonchev–Trinajstić information content (AvgIpc) is 2.63. The molecule has 0 aliphatic rings. The fourth-order valence-electron chi connectivity index (χ4n) is 3.33. The summed E-state index contributed by atoms with van der Waals surface area (Å²) in [5, 5.41) is 2.88. The van der Waals surface area contributed by atoms with E-state index in [2.05, 4.69) is 33.0 Å². The molecule has 0 unspecified atom stereocenters. The average molecular weight is 438 g/mol. The number of quaternary nitrogens is 1. The van der Waals surface area contributed by atoms with Gasteiger partial charge in [-0.05, 0) is 27.2 Å². The summed E-state index contributed by atoms with van der Waals surface area (Å²) in [6.07, 6.45) is 12.9. The Labute approximate surface area is 173 Å². The molecule has 0 bridgehead atoms. The fourth-order valence-corrected chi connectivity index (χ4v) is 3.33. The molecule has 4 nitrogen and oxygen atoms in total. The van der Waals surface area contributed by atoms with Crippen LogP contribution in [0.2, 0.25) is 0 Å². The Morgan fingerprint density at radius 1 is 0.769 bits per heavy atom. The summed E-state index contributed by atoms with van der Waals surface area (Å²) >= 11 is 0. The van der Waals surface area contributed by atoms with Crippen LogP contribution in [0.25, 0.3) is 0 Å². The van der Waals surface area contributed by atoms with Crippen LogP contribution in [0.1, 0.15) is 91.9 Å². The first kappa shape index (κ1) is 27.9. The van der Waals surface area contributed by atoms with Crippen molar-refractivity contribution in [2.45, 2.75) is 91.9 Å². The lowest BCUT2D eigenvalue weighted by Crippen LogP contribution is -3.00. The summed E-state index contributed by atoms with van der Waals surface area (Å²) < 4.78 is 6.35. The smallest absolute Gasteiger partial charge is 0.407 e. The second kappa shape index (κ2) is 19.5. The third-order valence-electron chi connectivity index (χ3n) is 5.61. The van der Waals surface area contributed by atoms with Crippen molar-refractivity contribution in [1.82, 2.24) is 5.32 Å². The number of hydrogen-bond donors (Lipinski definition) is 1. The second-order valence-electron chi connectivity index (χ2n) is 7.26. The minimum Gasteiger partial charge on any atom is -1.00 e. The first-order valence-electron chi connectivity index (χ1n) is 10.9. The van der Waals surface area contributed by atoms with Crippen molar-refractivity contribution in [1.29, 1.82) is 0 Å². The van der Waals surface area contributed by atoms with Crippen LogP contribution in [0.3, 0.4) is 0 Å². The molecule has 0 saturated heterocycles. The van der Waals surface area contributed by atoms with Crippen LogP contribution in [0.5, 0.6) is 0 Å². The lowest BCUT2D eigenvalue weighted by Gasteiger charge is -2.35. The molecule has 158 valence electrons. The number of rotatable bonds is 17. The maximum Gasteiger partial charge on any atom is 0.407 e. The minimum absolute atomic E-state index is 0. The highest BCUT2D eigenvalue weighted by Gasteiger charge is 2.20. The number of unbranched alkanes of at least 4 members (excludes halogenated alkanes) is 9. The summed E-state index contributed by atoms with van der Waals surface area (Å²) in [4.78, 5) is 11.7. The van der Waals surface area contributed by atoms with Gasteiger partial charge >= 0.3 is 6.09 Å². The molecule has 0 rings (SSSR count). The van der Waals surface area contributed by atoms with E-state index in [1.54, 1.807) is 0 Å². The Morgan fingerprint density at radius 2 is 1.23 bits per heavy atom. The molecule has 0 aliphatic heterocycles. The van der Waals surface area contributed by atoms with Gasteiger partial charge in [0.2, 0.25) is 0 Å². The van der Waals surface area contributed by atoms with Gasteiger partial charge in [0.15, 0.2) is 0 Å². The van der Waals surface area contributed by atoms with Crippen molar-refractivity contribution >= 4 is 6.09 Å². The van der Waals surface area contributed by atoms with Crippen LogP contribution in [0.4, 0.5) is 4.79 Å². The van der Waals surface area contributed by atoms with Crippen LogP contribution < -0.4 is 22.3 Å². The molecule has 0 aromatic rings. The largest absolute Gasteiger partial charge is 1.00 e. The maximum atomic E-state index is 11.7. The molecule has 1 N–H and O–H groups in total. The molecule has 0 spiro atoms. The molecular formula is C21H45BrN2O2. The Balaban J connectivity index is 0. The third-order valence-corrected chi connectivity index (χ3v) is 5.61. The monoisotopic (exact) mass is 436 g/mol. The quantitative estimate of drug-likeness (QED) is 0.281. The first-order valence-corrected chi connectivity index (χ1v) is 10.9. The number of ether oxygens (including phenoxy) is 1. The number of carbonyl (C=O) groups excluding carboxylic acids is 1. The van der Waals surface area contributed by atoms with E-state index in [0.29, 0.717) is 6.61 Å². The number of hydrogen-bond acceptors (Lipinski definition) is 2. The summed E-state index contributed by atoms with van der Waals surface area (Å²) in [6.45, 7) is 14.3. The van der Waals surface area contributed by atoms with Gasteiger partial charge in [-0.2, -0.15) is 0 Å². The summed E-state index contributed by atoms with van der Waals surface area (Å²) in [6, 6.07) is 0. The zero-order chi connectivity index (χ0) is 18.8. The van der Waals surface area contributed by atoms with Gasteiger partial charge in [-0.15, -0.1) is 0 Å². The topological polar surface area (TPSA) is 38.3 Å². The molecule has 1 amide bonds. The summed E-state index contributed by atoms with van der Waals surface area (Å²) in [5.74, 6) is 0. The SMILES string of the molecule is CCCCCCCCCCCCNC(=O)OCC[N+](CC)(CC)CC.[Br-]. The van der Waals surface area contributed by atoms with Crippen molar-refractivity contribution < 1.29 is 31.0 Å². The molecule has 0 radical (unpaired) electrons. The van der Waals surface area contributed by atoms with Gasteiger partial charge in [-0.1, -0.05) is 64.7 Å². The number of halogens is 1. The van der Waals surface area contributed by atoms with Gasteiger partial charge in [0, 0.05) is 6.54 Å². The fraction of sp³-hybridized carbons (Fsp3) is 0.952. The van der Waals surface area contributed by atoms with E-state index in [0.717, 1.165) is 43.6 Å². The Kier molecular flexibility index (Phi) is 20.9. The highest BCUT2D eigenvalue weighted by molar-refractivity contribution is 5.66. The van der Waals surface area contributed by atoms with E-state index < -0.39 is 0 Å². The Hall–Kier alpha value is -0.290. The molecule has 0 atom stereocenters. The van der Waals surface area contributed by atoms with Gasteiger partial charge < -0.3 is 31.5 Å². The number of alkyl carbamates (subject to hydrolysis) is 1. The molecule has 0 aromatic carbocycles. The Morgan fingerprint density at radius 3 is 1.69 bits per heavy atom. The maximum absolute atomic E-state index is 11.7. The molecule has 26 heavy (non-hydrogen) atoms. The molecule has 0 aromatic heterocycles. The molecule has 0 fully saturated rings. The second-order valence-corrected chi connectivity index (χ2v) is 7.26. The standard InChI is InChI=1S/C21H44N2O2.BrH/c1-5-9-10-11-12-13-14-15-16-17-18-22-21(24)25-20-19-23(6-2,7-3)8-4;/h5-20H2,1-4H3;1H. The molecular weight excluding hydrogens is 392 g/mol. The molecule has 5 heteroatoms. The Bertz CT molecular complexity index is 302. The van der Waals surface area contributed by atoms with Crippen LogP contribution >= 0.6 is 0 Å². The molecule has 0 heterocycles. The number of likely N-dealkylation sites (N-methyl/N-ethyl adjacent to an activating group) is 1. The highest BCUT2D eigenvalue weighted by atomic mass is 79.9. The van der Waals surface area contributed by atoms with Crippen molar-refractivity contribution in [3.63, 3.8) is 0 Å².